The molecule has 4 aromatic rings. The fourth-order valence-electron chi connectivity index (χ4n) is 5.42. The molecule has 3 aromatic carbocycles. The number of carbonyl (C=O) groups is 2. The van der Waals surface area contributed by atoms with Gasteiger partial charge in [0, 0.05) is 30.3 Å². The molecule has 0 spiro atoms. The van der Waals surface area contributed by atoms with E-state index in [-0.39, 0.29) is 24.0 Å². The van der Waals surface area contributed by atoms with Gasteiger partial charge in [0.15, 0.2) is 6.61 Å². The zero-order chi connectivity index (χ0) is 32.0. The molecule has 1 aliphatic rings. The molecule has 9 heteroatoms. The molecule has 0 atom stereocenters. The summed E-state index contributed by atoms with van der Waals surface area (Å²) < 4.78 is 12.6. The topological polar surface area (TPSA) is 97.7 Å². The van der Waals surface area contributed by atoms with Crippen LogP contribution in [0.4, 0.5) is 16.3 Å². The number of aromatic nitrogens is 2. The number of benzene rings is 3. The first-order valence-electron chi connectivity index (χ1n) is 15.5. The van der Waals surface area contributed by atoms with E-state index in [4.69, 9.17) is 14.6 Å². The number of anilines is 2. The Morgan fingerprint density at radius 1 is 0.911 bits per heavy atom. The summed E-state index contributed by atoms with van der Waals surface area (Å²) in [6, 6.07) is 24.8. The van der Waals surface area contributed by atoms with Gasteiger partial charge in [-0.15, -0.1) is 0 Å². The van der Waals surface area contributed by atoms with Crippen molar-refractivity contribution >= 4 is 23.4 Å². The molecule has 0 radical (unpaired) electrons. The number of urea groups is 1. The first-order chi connectivity index (χ1) is 21.6. The summed E-state index contributed by atoms with van der Waals surface area (Å²) in [7, 11) is 1.61. The number of amides is 3. The average molecular weight is 610 g/mol. The van der Waals surface area contributed by atoms with Crippen molar-refractivity contribution in [2.75, 3.05) is 37.4 Å². The molecule has 0 saturated carbocycles. The average Bonchev–Trinajstić information content (AvgIpc) is 3.46. The highest BCUT2D eigenvalue weighted by Crippen LogP contribution is 2.28. The number of likely N-dealkylation sites (tertiary alicyclic amines) is 1. The van der Waals surface area contributed by atoms with Crippen LogP contribution in [0.5, 0.6) is 11.5 Å². The zero-order valence-corrected chi connectivity index (χ0v) is 26.8. The molecule has 1 aromatic heterocycles. The summed E-state index contributed by atoms with van der Waals surface area (Å²) >= 11 is 0. The number of hydrogen-bond acceptors (Lipinski definition) is 5. The van der Waals surface area contributed by atoms with Gasteiger partial charge in [-0.25, -0.2) is 9.48 Å². The van der Waals surface area contributed by atoms with Crippen molar-refractivity contribution in [2.45, 2.75) is 52.4 Å². The van der Waals surface area contributed by atoms with Crippen LogP contribution >= 0.6 is 0 Å². The van der Waals surface area contributed by atoms with Crippen molar-refractivity contribution < 1.29 is 19.1 Å². The Labute approximate surface area is 265 Å². The highest BCUT2D eigenvalue weighted by molar-refractivity contribution is 6.00. The largest absolute Gasteiger partial charge is 0.497 e. The SMILES string of the molecule is COc1ccc(OCC(=O)N2CCC(Cc3ccccc3NC(=O)Nc3cc(C(C)(C)C)nn3-c3ccc(C)cc3)CC2)cc1. The molecule has 2 heterocycles. The van der Waals surface area contributed by atoms with Crippen LogP contribution < -0.4 is 20.1 Å². The van der Waals surface area contributed by atoms with E-state index >= 15 is 0 Å². The molecule has 2 N–H and O–H groups in total. The van der Waals surface area contributed by atoms with Gasteiger partial charge < -0.3 is 19.7 Å². The summed E-state index contributed by atoms with van der Waals surface area (Å²) in [6.45, 7) is 9.73. The molecule has 0 bridgehead atoms. The lowest BCUT2D eigenvalue weighted by molar-refractivity contribution is -0.134. The molecule has 1 aliphatic heterocycles. The maximum Gasteiger partial charge on any atom is 0.324 e. The van der Waals surface area contributed by atoms with E-state index in [2.05, 4.69) is 37.5 Å². The first kappa shape index (κ1) is 31.6. The molecule has 0 aliphatic carbocycles. The monoisotopic (exact) mass is 609 g/mol. The van der Waals surface area contributed by atoms with Gasteiger partial charge in [0.1, 0.15) is 17.3 Å². The smallest absolute Gasteiger partial charge is 0.324 e. The van der Waals surface area contributed by atoms with Crippen molar-refractivity contribution in [3.8, 4) is 17.2 Å². The molecular formula is C36H43N5O4. The molecule has 1 fully saturated rings. The zero-order valence-electron chi connectivity index (χ0n) is 26.8. The lowest BCUT2D eigenvalue weighted by atomic mass is 9.89. The summed E-state index contributed by atoms with van der Waals surface area (Å²) in [4.78, 5) is 28.0. The molecule has 236 valence electrons. The highest BCUT2D eigenvalue weighted by Gasteiger charge is 2.25. The Balaban J connectivity index is 1.17. The number of hydrogen-bond donors (Lipinski definition) is 2. The predicted molar refractivity (Wildman–Crippen MR) is 178 cm³/mol. The van der Waals surface area contributed by atoms with Gasteiger partial charge in [-0.2, -0.15) is 5.10 Å². The minimum atomic E-state index is -0.326. The van der Waals surface area contributed by atoms with E-state index in [1.54, 1.807) is 23.9 Å². The number of methoxy groups -OCH3 is 1. The predicted octanol–water partition coefficient (Wildman–Crippen LogP) is 6.99. The Bertz CT molecular complexity index is 1600. The van der Waals surface area contributed by atoms with Crippen molar-refractivity contribution in [2.24, 2.45) is 5.92 Å². The van der Waals surface area contributed by atoms with E-state index < -0.39 is 0 Å². The van der Waals surface area contributed by atoms with Crippen LogP contribution in [-0.4, -0.2) is 53.4 Å². The number of carbonyl (C=O) groups excluding carboxylic acids is 2. The summed E-state index contributed by atoms with van der Waals surface area (Å²) in [6.07, 6.45) is 2.59. The Morgan fingerprint density at radius 3 is 2.24 bits per heavy atom. The third-order valence-electron chi connectivity index (χ3n) is 8.16. The Morgan fingerprint density at radius 2 is 1.58 bits per heavy atom. The molecule has 9 nitrogen and oxygen atoms in total. The van der Waals surface area contributed by atoms with Crippen LogP contribution in [0, 0.1) is 12.8 Å². The van der Waals surface area contributed by atoms with Gasteiger partial charge in [0.2, 0.25) is 0 Å². The highest BCUT2D eigenvalue weighted by atomic mass is 16.5. The van der Waals surface area contributed by atoms with Crippen LogP contribution in [0.1, 0.15) is 50.4 Å². The molecular weight excluding hydrogens is 566 g/mol. The lowest BCUT2D eigenvalue weighted by Gasteiger charge is -2.32. The summed E-state index contributed by atoms with van der Waals surface area (Å²) in [5, 5.41) is 10.9. The Kier molecular flexibility index (Phi) is 9.76. The number of ether oxygens (including phenoxy) is 2. The Hall–Kier alpha value is -4.79. The van der Waals surface area contributed by atoms with Crippen LogP contribution in [-0.2, 0) is 16.6 Å². The molecule has 1 saturated heterocycles. The van der Waals surface area contributed by atoms with Crippen LogP contribution in [0.3, 0.4) is 0 Å². The van der Waals surface area contributed by atoms with Crippen molar-refractivity contribution in [3.05, 3.63) is 95.7 Å². The third-order valence-corrected chi connectivity index (χ3v) is 8.16. The minimum absolute atomic E-state index is 0.0116. The van der Waals surface area contributed by atoms with E-state index in [1.165, 1.54) is 0 Å². The molecule has 3 amide bonds. The molecule has 5 rings (SSSR count). The minimum Gasteiger partial charge on any atom is -0.497 e. The van der Waals surface area contributed by atoms with Gasteiger partial charge >= 0.3 is 6.03 Å². The number of nitrogens with one attached hydrogen (secondary N) is 2. The summed E-state index contributed by atoms with van der Waals surface area (Å²) in [5.41, 5.74) is 4.59. The number of para-hydroxylation sites is 1. The van der Waals surface area contributed by atoms with Crippen molar-refractivity contribution in [1.29, 1.82) is 0 Å². The fourth-order valence-corrected chi connectivity index (χ4v) is 5.42. The second-order valence-electron chi connectivity index (χ2n) is 12.6. The third kappa shape index (κ3) is 8.23. The van der Waals surface area contributed by atoms with Crippen LogP contribution in [0.25, 0.3) is 5.69 Å². The molecule has 45 heavy (non-hydrogen) atoms. The maximum absolute atomic E-state index is 13.3. The van der Waals surface area contributed by atoms with Gasteiger partial charge in [-0.3, -0.25) is 10.1 Å². The second kappa shape index (κ2) is 13.9. The lowest BCUT2D eigenvalue weighted by Crippen LogP contribution is -2.41. The number of rotatable bonds is 9. The summed E-state index contributed by atoms with van der Waals surface area (Å²) in [5.74, 6) is 2.38. The maximum atomic E-state index is 13.3. The van der Waals surface area contributed by atoms with Crippen molar-refractivity contribution in [1.82, 2.24) is 14.7 Å². The van der Waals surface area contributed by atoms with Crippen LogP contribution in [0.15, 0.2) is 78.9 Å². The number of piperidine rings is 1. The molecule has 0 unspecified atom stereocenters. The fraction of sp³-hybridized carbons (Fsp3) is 0.361. The van der Waals surface area contributed by atoms with E-state index in [9.17, 15) is 9.59 Å². The van der Waals surface area contributed by atoms with E-state index in [0.29, 0.717) is 30.6 Å². The quantitative estimate of drug-likeness (QED) is 0.213. The second-order valence-corrected chi connectivity index (χ2v) is 12.6. The van der Waals surface area contributed by atoms with Gasteiger partial charge in [-0.05, 0) is 80.1 Å². The first-order valence-corrected chi connectivity index (χ1v) is 15.5. The van der Waals surface area contributed by atoms with Crippen LogP contribution in [0.2, 0.25) is 0 Å². The number of nitrogens with zero attached hydrogens (tertiary/aromatic N) is 3. The van der Waals surface area contributed by atoms with Gasteiger partial charge in [0.25, 0.3) is 5.91 Å². The van der Waals surface area contributed by atoms with Crippen molar-refractivity contribution in [3.63, 3.8) is 0 Å². The van der Waals surface area contributed by atoms with E-state index in [0.717, 1.165) is 53.2 Å². The normalized spacial score (nSPS) is 13.8. The van der Waals surface area contributed by atoms with Gasteiger partial charge in [0.05, 0.1) is 18.5 Å². The number of aryl methyl sites for hydroxylation is 1. The van der Waals surface area contributed by atoms with E-state index in [1.807, 2.05) is 72.5 Å². The van der Waals surface area contributed by atoms with Gasteiger partial charge in [-0.1, -0.05) is 56.7 Å². The standard InChI is InChI=1S/C36H43N5O4/c1-25-10-12-28(13-11-25)41-33(23-32(39-41)36(2,3)4)38-35(43)37-31-9-7-6-8-27(31)22-26-18-20-40(21-19-26)34(42)24-45-30-16-14-29(44-5)15-17-30/h6-17,23,26H,18-22,24H2,1-5H3,(H2,37,38,43).